The number of aliphatic hydroxyl groups excluding tert-OH is 1. The highest BCUT2D eigenvalue weighted by Crippen LogP contribution is 2.29. The van der Waals surface area contributed by atoms with E-state index in [2.05, 4.69) is 4.72 Å². The molecule has 1 aliphatic rings. The summed E-state index contributed by atoms with van der Waals surface area (Å²) in [7, 11) is -2.38. The molecule has 0 radical (unpaired) electrons. The first-order chi connectivity index (χ1) is 12.4. The molecule has 0 saturated heterocycles. The van der Waals surface area contributed by atoms with Crippen LogP contribution in [-0.2, 0) is 22.9 Å². The number of aliphatic hydroxyl groups is 1. The molecule has 0 fully saturated rings. The number of aryl methyl sites for hydroxylation is 1. The molecule has 0 spiro atoms. The van der Waals surface area contributed by atoms with Crippen LogP contribution in [0, 0.1) is 0 Å². The van der Waals surface area contributed by atoms with Gasteiger partial charge in [-0.3, -0.25) is 0 Å². The molecular weight excluding hydrogens is 354 g/mol. The molecule has 1 heterocycles. The fourth-order valence-corrected chi connectivity index (χ4v) is 4.20. The smallest absolute Gasteiger partial charge is 0.244 e. The van der Waals surface area contributed by atoms with Crippen molar-refractivity contribution in [2.45, 2.75) is 30.8 Å². The van der Waals surface area contributed by atoms with Gasteiger partial charge in [-0.25, -0.2) is 13.1 Å². The van der Waals surface area contributed by atoms with Crippen molar-refractivity contribution in [1.29, 1.82) is 0 Å². The fourth-order valence-electron chi connectivity index (χ4n) is 2.95. The van der Waals surface area contributed by atoms with E-state index in [1.807, 2.05) is 25.1 Å². The van der Waals surface area contributed by atoms with Gasteiger partial charge in [0.2, 0.25) is 10.0 Å². The van der Waals surface area contributed by atoms with Crippen molar-refractivity contribution in [3.63, 3.8) is 0 Å². The number of hydrogen-bond acceptors (Lipinski definition) is 5. The molecule has 0 aliphatic carbocycles. The third-order valence-electron chi connectivity index (χ3n) is 4.49. The van der Waals surface area contributed by atoms with Gasteiger partial charge >= 0.3 is 0 Å². The molecular formula is C19H23NO5S. The van der Waals surface area contributed by atoms with Crippen LogP contribution < -0.4 is 14.2 Å². The summed E-state index contributed by atoms with van der Waals surface area (Å²) in [5, 5.41) is 10.4. The third kappa shape index (κ3) is 3.85. The Morgan fingerprint density at radius 3 is 2.81 bits per heavy atom. The Balaban J connectivity index is 1.76. The van der Waals surface area contributed by atoms with Gasteiger partial charge in [-0.1, -0.05) is 19.1 Å². The number of fused-ring (bicyclic) bond motifs is 1. The number of hydrogen-bond donors (Lipinski definition) is 2. The monoisotopic (exact) mass is 377 g/mol. The van der Waals surface area contributed by atoms with Crippen molar-refractivity contribution in [1.82, 2.24) is 4.72 Å². The van der Waals surface area contributed by atoms with E-state index in [0.29, 0.717) is 18.6 Å². The quantitative estimate of drug-likeness (QED) is 0.773. The Morgan fingerprint density at radius 2 is 2.08 bits per heavy atom. The summed E-state index contributed by atoms with van der Waals surface area (Å²) in [4.78, 5) is 0.0777. The van der Waals surface area contributed by atoms with E-state index in [9.17, 15) is 13.5 Å². The summed E-state index contributed by atoms with van der Waals surface area (Å²) in [5.74, 6) is 1.10. The maximum atomic E-state index is 12.7. The molecule has 1 atom stereocenters. The number of benzene rings is 2. The summed E-state index contributed by atoms with van der Waals surface area (Å²) in [6.07, 6.45) is 0.561. The molecule has 0 bridgehead atoms. The Kier molecular flexibility index (Phi) is 5.50. The molecule has 1 unspecified atom stereocenters. The van der Waals surface area contributed by atoms with Crippen molar-refractivity contribution in [3.8, 4) is 11.5 Å². The number of sulfonamides is 1. The van der Waals surface area contributed by atoms with Gasteiger partial charge in [0.25, 0.3) is 0 Å². The van der Waals surface area contributed by atoms with E-state index >= 15 is 0 Å². The maximum Gasteiger partial charge on any atom is 0.244 e. The second-order valence-electron chi connectivity index (χ2n) is 6.17. The van der Waals surface area contributed by atoms with Crippen LogP contribution in [0.3, 0.4) is 0 Å². The van der Waals surface area contributed by atoms with Crippen molar-refractivity contribution in [2.75, 3.05) is 20.3 Å². The molecule has 0 amide bonds. The van der Waals surface area contributed by atoms with Gasteiger partial charge in [-0.15, -0.1) is 0 Å². The molecule has 6 nitrogen and oxygen atoms in total. The highest BCUT2D eigenvalue weighted by atomic mass is 32.2. The molecule has 140 valence electrons. The van der Waals surface area contributed by atoms with Crippen LogP contribution in [0.2, 0.25) is 0 Å². The lowest BCUT2D eigenvalue weighted by Gasteiger charge is -2.15. The lowest BCUT2D eigenvalue weighted by atomic mass is 10.0. The van der Waals surface area contributed by atoms with Crippen molar-refractivity contribution in [2.24, 2.45) is 0 Å². The van der Waals surface area contributed by atoms with Gasteiger partial charge < -0.3 is 14.6 Å². The van der Waals surface area contributed by atoms with Crippen molar-refractivity contribution >= 4 is 10.0 Å². The third-order valence-corrected chi connectivity index (χ3v) is 5.94. The molecule has 0 saturated carbocycles. The second-order valence-corrected chi connectivity index (χ2v) is 7.91. The van der Waals surface area contributed by atoms with E-state index in [4.69, 9.17) is 9.47 Å². The van der Waals surface area contributed by atoms with Gasteiger partial charge in [0.15, 0.2) is 0 Å². The Morgan fingerprint density at radius 1 is 1.27 bits per heavy atom. The van der Waals surface area contributed by atoms with Crippen molar-refractivity contribution < 1.29 is 23.0 Å². The lowest BCUT2D eigenvalue weighted by molar-refractivity contribution is 0.182. The molecule has 1 aliphatic heterocycles. The molecule has 0 aromatic heterocycles. The zero-order valence-corrected chi connectivity index (χ0v) is 15.7. The van der Waals surface area contributed by atoms with E-state index < -0.39 is 16.1 Å². The average Bonchev–Trinajstić information content (AvgIpc) is 3.13. The normalized spacial score (nSPS) is 14.6. The molecule has 7 heteroatoms. The predicted octanol–water partition coefficient (Wildman–Crippen LogP) is 2.20. The average molecular weight is 377 g/mol. The minimum absolute atomic E-state index is 0.0777. The largest absolute Gasteiger partial charge is 0.495 e. The van der Waals surface area contributed by atoms with Crippen LogP contribution in [0.25, 0.3) is 0 Å². The van der Waals surface area contributed by atoms with E-state index in [0.717, 1.165) is 23.3 Å². The predicted molar refractivity (Wildman–Crippen MR) is 98.2 cm³/mol. The Labute approximate surface area is 153 Å². The summed E-state index contributed by atoms with van der Waals surface area (Å²) in [6.45, 7) is 2.46. The first kappa shape index (κ1) is 18.7. The van der Waals surface area contributed by atoms with Crippen LogP contribution in [-0.4, -0.2) is 33.8 Å². The van der Waals surface area contributed by atoms with Crippen LogP contribution in [0.5, 0.6) is 11.5 Å². The van der Waals surface area contributed by atoms with Crippen LogP contribution in [0.4, 0.5) is 0 Å². The molecule has 2 N–H and O–H groups in total. The molecule has 26 heavy (non-hydrogen) atoms. The zero-order chi connectivity index (χ0) is 18.7. The summed E-state index contributed by atoms with van der Waals surface area (Å²) < 4.78 is 38.5. The first-order valence-corrected chi connectivity index (χ1v) is 10.0. The number of rotatable bonds is 7. The van der Waals surface area contributed by atoms with Crippen LogP contribution in [0.1, 0.15) is 29.7 Å². The summed E-state index contributed by atoms with van der Waals surface area (Å²) in [6, 6.07) is 10.5. The molecule has 3 rings (SSSR count). The SMILES string of the molecule is CCc1ccc(OC)c(S(=O)(=O)NCC(O)c2ccc3c(c2)CCO3)c1. The van der Waals surface area contributed by atoms with Gasteiger partial charge in [0, 0.05) is 13.0 Å². The van der Waals surface area contributed by atoms with Gasteiger partial charge in [0.1, 0.15) is 16.4 Å². The lowest BCUT2D eigenvalue weighted by Crippen LogP contribution is -2.29. The van der Waals surface area contributed by atoms with E-state index in [1.54, 1.807) is 18.2 Å². The summed E-state index contributed by atoms with van der Waals surface area (Å²) in [5.41, 5.74) is 2.58. The molecule has 2 aromatic rings. The van der Waals surface area contributed by atoms with Crippen LogP contribution in [0.15, 0.2) is 41.3 Å². The number of methoxy groups -OCH3 is 1. The van der Waals surface area contributed by atoms with Gasteiger partial charge in [-0.2, -0.15) is 0 Å². The van der Waals surface area contributed by atoms with Gasteiger partial charge in [-0.05, 0) is 47.4 Å². The number of nitrogens with one attached hydrogen (secondary N) is 1. The van der Waals surface area contributed by atoms with E-state index in [-0.39, 0.29) is 17.2 Å². The Bertz CT molecular complexity index is 895. The highest BCUT2D eigenvalue weighted by Gasteiger charge is 2.22. The van der Waals surface area contributed by atoms with Crippen molar-refractivity contribution in [3.05, 3.63) is 53.1 Å². The Hall–Kier alpha value is -2.09. The second kappa shape index (κ2) is 7.65. The standard InChI is InChI=1S/C19H23NO5S/c1-3-13-4-6-18(24-2)19(10-13)26(22,23)20-12-16(21)14-5-7-17-15(11-14)8-9-25-17/h4-7,10-11,16,20-21H,3,8-9,12H2,1-2H3. The first-order valence-electron chi connectivity index (χ1n) is 8.55. The molecule has 2 aromatic carbocycles. The topological polar surface area (TPSA) is 84.9 Å². The van der Waals surface area contributed by atoms with Crippen LogP contribution >= 0.6 is 0 Å². The summed E-state index contributed by atoms with van der Waals surface area (Å²) >= 11 is 0. The maximum absolute atomic E-state index is 12.7. The zero-order valence-electron chi connectivity index (χ0n) is 14.9. The van der Waals surface area contributed by atoms with Gasteiger partial charge in [0.05, 0.1) is 19.8 Å². The van der Waals surface area contributed by atoms with E-state index in [1.165, 1.54) is 7.11 Å². The number of ether oxygens (including phenoxy) is 2. The fraction of sp³-hybridized carbons (Fsp3) is 0.368. The minimum atomic E-state index is -3.81. The minimum Gasteiger partial charge on any atom is -0.495 e. The highest BCUT2D eigenvalue weighted by molar-refractivity contribution is 7.89.